The highest BCUT2D eigenvalue weighted by Crippen LogP contribution is 2.29. The van der Waals surface area contributed by atoms with E-state index < -0.39 is 0 Å². The summed E-state index contributed by atoms with van der Waals surface area (Å²) in [7, 11) is 0. The third kappa shape index (κ3) is 5.36. The van der Waals surface area contributed by atoms with E-state index in [1.54, 1.807) is 12.1 Å². The number of amides is 1. The lowest BCUT2D eigenvalue weighted by Crippen LogP contribution is -2.32. The number of hydrogen-bond acceptors (Lipinski definition) is 6. The largest absolute Gasteiger partial charge is 0.494 e. The van der Waals surface area contributed by atoms with E-state index in [-0.39, 0.29) is 11.0 Å². The van der Waals surface area contributed by atoms with Crippen molar-refractivity contribution in [1.82, 2.24) is 10.3 Å². The number of anilines is 1. The van der Waals surface area contributed by atoms with Crippen LogP contribution in [0.2, 0.25) is 0 Å². The minimum Gasteiger partial charge on any atom is -0.494 e. The summed E-state index contributed by atoms with van der Waals surface area (Å²) < 4.78 is 12.2. The zero-order valence-corrected chi connectivity index (χ0v) is 18.3. The summed E-state index contributed by atoms with van der Waals surface area (Å²) in [5.74, 6) is 1.74. The van der Waals surface area contributed by atoms with E-state index in [2.05, 4.69) is 15.6 Å². The molecule has 2 N–H and O–H groups in total. The van der Waals surface area contributed by atoms with E-state index in [0.717, 1.165) is 27.3 Å². The number of aromatic nitrogens is 1. The summed E-state index contributed by atoms with van der Waals surface area (Å²) in [6.45, 7) is 2.54. The number of ether oxygens (including phenoxy) is 1. The zero-order chi connectivity index (χ0) is 21.6. The molecule has 0 bridgehead atoms. The molecule has 156 valence electrons. The normalized spacial score (nSPS) is 11.0. The fourth-order valence-electron chi connectivity index (χ4n) is 2.85. The average molecular weight is 450 g/mol. The number of carbonyl (C=O) groups is 1. The zero-order valence-electron chi connectivity index (χ0n) is 16.6. The number of rotatable bonds is 6. The predicted octanol–water partition coefficient (Wildman–Crippen LogP) is 5.48. The molecule has 4 rings (SSSR count). The fraction of sp³-hybridized carbons (Fsp3) is 0.0870. The molecule has 0 radical (unpaired) electrons. The summed E-state index contributed by atoms with van der Waals surface area (Å²) in [5, 5.41) is 6.32. The lowest BCUT2D eigenvalue weighted by Gasteiger charge is -2.04. The maximum absolute atomic E-state index is 12.2. The van der Waals surface area contributed by atoms with Crippen molar-refractivity contribution < 1.29 is 13.9 Å². The van der Waals surface area contributed by atoms with Crippen LogP contribution in [0.15, 0.2) is 71.2 Å². The maximum Gasteiger partial charge on any atom is 0.250 e. The van der Waals surface area contributed by atoms with Crippen LogP contribution in [0.3, 0.4) is 0 Å². The summed E-state index contributed by atoms with van der Waals surface area (Å²) in [4.78, 5) is 16.6. The van der Waals surface area contributed by atoms with Crippen LogP contribution in [-0.4, -0.2) is 22.6 Å². The van der Waals surface area contributed by atoms with E-state index in [0.29, 0.717) is 17.5 Å². The van der Waals surface area contributed by atoms with Gasteiger partial charge in [0, 0.05) is 11.6 Å². The number of benzene rings is 2. The Morgan fingerprint density at radius 1 is 1.19 bits per heavy atom. The third-order valence-electron chi connectivity index (χ3n) is 4.21. The van der Waals surface area contributed by atoms with E-state index >= 15 is 0 Å². The van der Waals surface area contributed by atoms with Crippen molar-refractivity contribution in [3.8, 4) is 17.1 Å². The number of carbonyl (C=O) groups excluding carboxylic acids is 1. The summed E-state index contributed by atoms with van der Waals surface area (Å²) in [6, 6.07) is 19.1. The lowest BCUT2D eigenvalue weighted by atomic mass is 10.2. The van der Waals surface area contributed by atoms with Gasteiger partial charge in [0.15, 0.2) is 10.2 Å². The van der Waals surface area contributed by atoms with Crippen LogP contribution >= 0.6 is 23.6 Å². The SMILES string of the molecule is CCOc1ccc2nc(NC(=S)NC(=O)/C=C/c3ccc(-c4ccccc4)o3)sc2c1. The van der Waals surface area contributed by atoms with Crippen LogP contribution < -0.4 is 15.4 Å². The van der Waals surface area contributed by atoms with Crippen LogP contribution in [0.25, 0.3) is 27.6 Å². The summed E-state index contributed by atoms with van der Waals surface area (Å²) in [6.07, 6.45) is 2.96. The molecule has 0 spiro atoms. The topological polar surface area (TPSA) is 76.4 Å². The van der Waals surface area contributed by atoms with Gasteiger partial charge in [-0.05, 0) is 55.5 Å². The van der Waals surface area contributed by atoms with E-state index in [4.69, 9.17) is 21.4 Å². The minimum absolute atomic E-state index is 0.170. The van der Waals surface area contributed by atoms with Crippen LogP contribution in [0.1, 0.15) is 12.7 Å². The number of thiocarbonyl (C=S) groups is 1. The number of fused-ring (bicyclic) bond motifs is 1. The molecule has 0 atom stereocenters. The molecule has 0 aliphatic carbocycles. The van der Waals surface area contributed by atoms with Gasteiger partial charge in [-0.15, -0.1) is 0 Å². The van der Waals surface area contributed by atoms with Crippen molar-refractivity contribution in [2.45, 2.75) is 6.92 Å². The first-order chi connectivity index (χ1) is 15.1. The molecule has 0 aliphatic heterocycles. The Kier molecular flexibility index (Phi) is 6.40. The minimum atomic E-state index is -0.366. The first-order valence-electron chi connectivity index (χ1n) is 9.59. The molecule has 0 aliphatic rings. The smallest absolute Gasteiger partial charge is 0.250 e. The predicted molar refractivity (Wildman–Crippen MR) is 128 cm³/mol. The molecule has 6 nitrogen and oxygen atoms in total. The summed E-state index contributed by atoms with van der Waals surface area (Å²) >= 11 is 6.65. The van der Waals surface area contributed by atoms with Crippen LogP contribution in [0.5, 0.6) is 5.75 Å². The van der Waals surface area contributed by atoms with Crippen molar-refractivity contribution in [3.05, 3.63) is 72.5 Å². The van der Waals surface area contributed by atoms with Gasteiger partial charge < -0.3 is 14.5 Å². The molecule has 1 amide bonds. The Bertz CT molecular complexity index is 1250. The molecule has 0 saturated carbocycles. The Labute approximate surface area is 188 Å². The van der Waals surface area contributed by atoms with Gasteiger partial charge in [-0.25, -0.2) is 4.98 Å². The molecular weight excluding hydrogens is 430 g/mol. The van der Waals surface area contributed by atoms with Gasteiger partial charge in [0.05, 0.1) is 16.8 Å². The van der Waals surface area contributed by atoms with Crippen molar-refractivity contribution in [3.63, 3.8) is 0 Å². The van der Waals surface area contributed by atoms with E-state index in [1.165, 1.54) is 17.4 Å². The molecule has 0 saturated heterocycles. The third-order valence-corrected chi connectivity index (χ3v) is 5.35. The first kappa shape index (κ1) is 20.8. The monoisotopic (exact) mass is 449 g/mol. The number of thiazole rings is 1. The highest BCUT2D eigenvalue weighted by molar-refractivity contribution is 7.80. The van der Waals surface area contributed by atoms with Gasteiger partial charge in [-0.3, -0.25) is 10.1 Å². The number of nitrogens with one attached hydrogen (secondary N) is 2. The number of nitrogens with zero attached hydrogens (tertiary/aromatic N) is 1. The highest BCUT2D eigenvalue weighted by atomic mass is 32.1. The molecule has 2 aromatic heterocycles. The van der Waals surface area contributed by atoms with Gasteiger partial charge >= 0.3 is 0 Å². The van der Waals surface area contributed by atoms with Crippen LogP contribution in [0, 0.1) is 0 Å². The van der Waals surface area contributed by atoms with Gasteiger partial charge in [0.1, 0.15) is 17.3 Å². The quantitative estimate of drug-likeness (QED) is 0.300. The Morgan fingerprint density at radius 2 is 2.03 bits per heavy atom. The molecule has 8 heteroatoms. The average Bonchev–Trinajstić information content (AvgIpc) is 3.39. The number of hydrogen-bond donors (Lipinski definition) is 2. The van der Waals surface area contributed by atoms with Gasteiger partial charge in [-0.1, -0.05) is 41.7 Å². The Morgan fingerprint density at radius 3 is 2.84 bits per heavy atom. The molecule has 4 aromatic rings. The first-order valence-corrected chi connectivity index (χ1v) is 10.8. The van der Waals surface area contributed by atoms with Crippen LogP contribution in [-0.2, 0) is 4.79 Å². The van der Waals surface area contributed by atoms with Crippen molar-refractivity contribution in [2.75, 3.05) is 11.9 Å². The lowest BCUT2D eigenvalue weighted by molar-refractivity contribution is -0.115. The Balaban J connectivity index is 1.34. The van der Waals surface area contributed by atoms with Crippen molar-refractivity contribution in [2.24, 2.45) is 0 Å². The molecular formula is C23H19N3O3S2. The Hall–Kier alpha value is -3.49. The van der Waals surface area contributed by atoms with Crippen molar-refractivity contribution in [1.29, 1.82) is 0 Å². The van der Waals surface area contributed by atoms with Crippen LogP contribution in [0.4, 0.5) is 5.13 Å². The summed E-state index contributed by atoms with van der Waals surface area (Å²) in [5.41, 5.74) is 1.80. The van der Waals surface area contributed by atoms with E-state index in [1.807, 2.05) is 61.5 Å². The van der Waals surface area contributed by atoms with Gasteiger partial charge in [0.2, 0.25) is 5.91 Å². The van der Waals surface area contributed by atoms with Gasteiger partial charge in [-0.2, -0.15) is 0 Å². The number of furan rings is 1. The second-order valence-corrected chi connectivity index (χ2v) is 7.87. The fourth-order valence-corrected chi connectivity index (χ4v) is 4.02. The molecule has 0 fully saturated rings. The molecule has 0 unspecified atom stereocenters. The van der Waals surface area contributed by atoms with Crippen molar-refractivity contribution >= 4 is 56.0 Å². The maximum atomic E-state index is 12.2. The molecule has 2 heterocycles. The molecule has 2 aromatic carbocycles. The highest BCUT2D eigenvalue weighted by Gasteiger charge is 2.08. The molecule has 31 heavy (non-hydrogen) atoms. The second kappa shape index (κ2) is 9.55. The second-order valence-electron chi connectivity index (χ2n) is 6.43. The van der Waals surface area contributed by atoms with Gasteiger partial charge in [0.25, 0.3) is 0 Å². The standard InChI is InChI=1S/C23H19N3O3S2/c1-2-28-17-8-11-18-20(14-17)31-23(24-18)26-22(30)25-21(27)13-10-16-9-12-19(29-16)15-6-4-3-5-7-15/h3-14H,2H2,1H3,(H2,24,25,26,27,30)/b13-10+. The van der Waals surface area contributed by atoms with E-state index in [9.17, 15) is 4.79 Å².